The molecule has 0 saturated carbocycles. The summed E-state index contributed by atoms with van der Waals surface area (Å²) >= 11 is 0. The summed E-state index contributed by atoms with van der Waals surface area (Å²) < 4.78 is 44.4. The molecule has 0 unspecified atom stereocenters. The summed E-state index contributed by atoms with van der Waals surface area (Å²) in [5, 5.41) is 0. The third-order valence-electron chi connectivity index (χ3n) is 3.66. The van der Waals surface area contributed by atoms with Crippen LogP contribution in [0.4, 0.5) is 13.2 Å². The Bertz CT molecular complexity index is 957. The van der Waals surface area contributed by atoms with Gasteiger partial charge in [-0.1, -0.05) is 18.2 Å². The van der Waals surface area contributed by atoms with E-state index in [1.165, 1.54) is 24.3 Å². The van der Waals surface area contributed by atoms with Crippen LogP contribution < -0.4 is 0 Å². The normalized spacial score (nSPS) is 12.0. The van der Waals surface area contributed by atoms with Gasteiger partial charge in [0.05, 0.1) is 11.3 Å². The lowest BCUT2D eigenvalue weighted by Crippen LogP contribution is -2.04. The van der Waals surface area contributed by atoms with Crippen LogP contribution in [0, 0.1) is 6.92 Å². The number of hydrogen-bond donors (Lipinski definition) is 0. The van der Waals surface area contributed by atoms with E-state index < -0.39 is 17.7 Å². The average molecular weight is 360 g/mol. The molecular formula is C19H15F3N2O2. The number of rotatable bonds is 4. The number of ether oxygens (including phenoxy) is 1. The topological polar surface area (TPSA) is 43.6 Å². The molecule has 0 radical (unpaired) electrons. The van der Waals surface area contributed by atoms with Gasteiger partial charge >= 0.3 is 12.1 Å². The number of carbonyl (C=O) groups excluding carboxylic acids is 1. The summed E-state index contributed by atoms with van der Waals surface area (Å²) in [7, 11) is 0. The Labute approximate surface area is 147 Å². The highest BCUT2D eigenvalue weighted by molar-refractivity contribution is 5.87. The summed E-state index contributed by atoms with van der Waals surface area (Å²) in [6, 6.07) is 8.30. The highest BCUT2D eigenvalue weighted by Gasteiger charge is 2.29. The van der Waals surface area contributed by atoms with Crippen LogP contribution in [0.15, 0.2) is 54.9 Å². The van der Waals surface area contributed by atoms with Crippen molar-refractivity contribution in [3.63, 3.8) is 0 Å². The molecule has 7 heteroatoms. The molecule has 0 fully saturated rings. The smallest absolute Gasteiger partial charge is 0.416 e. The highest BCUT2D eigenvalue weighted by Crippen LogP contribution is 2.29. The number of fused-ring (bicyclic) bond motifs is 1. The van der Waals surface area contributed by atoms with Crippen LogP contribution >= 0.6 is 0 Å². The zero-order valence-electron chi connectivity index (χ0n) is 13.8. The van der Waals surface area contributed by atoms with E-state index in [1.807, 2.05) is 29.7 Å². The van der Waals surface area contributed by atoms with Gasteiger partial charge in [0.15, 0.2) is 0 Å². The van der Waals surface area contributed by atoms with Crippen molar-refractivity contribution in [2.45, 2.75) is 19.7 Å². The van der Waals surface area contributed by atoms with Crippen molar-refractivity contribution in [3.8, 4) is 0 Å². The van der Waals surface area contributed by atoms with Crippen molar-refractivity contribution in [1.82, 2.24) is 9.38 Å². The van der Waals surface area contributed by atoms with Gasteiger partial charge in [-0.05, 0) is 42.3 Å². The van der Waals surface area contributed by atoms with E-state index in [-0.39, 0.29) is 6.61 Å². The second-order valence-electron chi connectivity index (χ2n) is 5.76. The molecule has 0 amide bonds. The van der Waals surface area contributed by atoms with Gasteiger partial charge in [-0.15, -0.1) is 0 Å². The van der Waals surface area contributed by atoms with Crippen LogP contribution in [0.5, 0.6) is 0 Å². The fourth-order valence-corrected chi connectivity index (χ4v) is 2.37. The van der Waals surface area contributed by atoms with Gasteiger partial charge in [-0.25, -0.2) is 9.78 Å². The molecule has 0 aliphatic heterocycles. The molecule has 134 valence electrons. The SMILES string of the molecule is Cc1ccc2nc(COC(=O)C=Cc3ccc(C(F)(F)F)cc3)cn2c1. The molecule has 2 aromatic heterocycles. The first-order valence-corrected chi connectivity index (χ1v) is 7.77. The number of aromatic nitrogens is 2. The quantitative estimate of drug-likeness (QED) is 0.511. The van der Waals surface area contributed by atoms with Crippen molar-refractivity contribution in [3.05, 3.63) is 77.3 Å². The first-order valence-electron chi connectivity index (χ1n) is 7.77. The van der Waals surface area contributed by atoms with Gasteiger partial charge < -0.3 is 9.14 Å². The van der Waals surface area contributed by atoms with E-state index in [0.29, 0.717) is 11.3 Å². The van der Waals surface area contributed by atoms with Gasteiger partial charge in [-0.3, -0.25) is 0 Å². The molecule has 3 aromatic rings. The number of halogens is 3. The highest BCUT2D eigenvalue weighted by atomic mass is 19.4. The van der Waals surface area contributed by atoms with E-state index in [0.717, 1.165) is 23.3 Å². The maximum absolute atomic E-state index is 12.5. The summed E-state index contributed by atoms with van der Waals surface area (Å²) in [5.74, 6) is -0.599. The maximum Gasteiger partial charge on any atom is 0.416 e. The molecule has 26 heavy (non-hydrogen) atoms. The lowest BCUT2D eigenvalue weighted by atomic mass is 10.1. The lowest BCUT2D eigenvalue weighted by molar-refractivity contribution is -0.139. The first-order chi connectivity index (χ1) is 12.3. The van der Waals surface area contributed by atoms with Gasteiger partial charge in [0.1, 0.15) is 12.3 Å². The van der Waals surface area contributed by atoms with Crippen molar-refractivity contribution >= 4 is 17.7 Å². The summed E-state index contributed by atoms with van der Waals surface area (Å²) in [4.78, 5) is 16.1. The van der Waals surface area contributed by atoms with Crippen LogP contribution in [0.2, 0.25) is 0 Å². The number of benzene rings is 1. The van der Waals surface area contributed by atoms with Crippen LogP contribution in [0.25, 0.3) is 11.7 Å². The second kappa shape index (κ2) is 7.03. The molecule has 1 aromatic carbocycles. The summed E-state index contributed by atoms with van der Waals surface area (Å²) in [6.07, 6.45) is 1.87. The van der Waals surface area contributed by atoms with Crippen LogP contribution in [0.1, 0.15) is 22.4 Å². The minimum Gasteiger partial charge on any atom is -0.456 e. The number of imidazole rings is 1. The van der Waals surface area contributed by atoms with E-state index >= 15 is 0 Å². The minimum absolute atomic E-state index is 0.0108. The average Bonchev–Trinajstić information content (AvgIpc) is 2.99. The van der Waals surface area contributed by atoms with Gasteiger partial charge in [-0.2, -0.15) is 13.2 Å². The Balaban J connectivity index is 1.58. The second-order valence-corrected chi connectivity index (χ2v) is 5.76. The molecule has 4 nitrogen and oxygen atoms in total. The molecule has 2 heterocycles. The molecule has 0 aliphatic carbocycles. The van der Waals surface area contributed by atoms with Crippen LogP contribution in [0.3, 0.4) is 0 Å². The number of carbonyl (C=O) groups is 1. The Kier molecular flexibility index (Phi) is 4.79. The Morgan fingerprint density at radius 1 is 1.15 bits per heavy atom. The number of hydrogen-bond acceptors (Lipinski definition) is 3. The van der Waals surface area contributed by atoms with Crippen molar-refractivity contribution in [2.24, 2.45) is 0 Å². The molecule has 3 rings (SSSR count). The van der Waals surface area contributed by atoms with E-state index in [4.69, 9.17) is 4.74 Å². The fraction of sp³-hybridized carbons (Fsp3) is 0.158. The number of esters is 1. The van der Waals surface area contributed by atoms with Gasteiger partial charge in [0.2, 0.25) is 0 Å². The zero-order valence-corrected chi connectivity index (χ0v) is 13.8. The third-order valence-corrected chi connectivity index (χ3v) is 3.66. The predicted octanol–water partition coefficient (Wildman–Crippen LogP) is 4.42. The van der Waals surface area contributed by atoms with Crippen molar-refractivity contribution < 1.29 is 22.7 Å². The molecule has 0 bridgehead atoms. The molecule has 0 aliphatic rings. The van der Waals surface area contributed by atoms with E-state index in [1.54, 1.807) is 6.20 Å². The number of pyridine rings is 1. The largest absolute Gasteiger partial charge is 0.456 e. The number of aryl methyl sites for hydroxylation is 1. The van der Waals surface area contributed by atoms with Gasteiger partial charge in [0.25, 0.3) is 0 Å². The minimum atomic E-state index is -4.38. The third kappa shape index (κ3) is 4.30. The lowest BCUT2D eigenvalue weighted by Gasteiger charge is -2.05. The number of nitrogens with zero attached hydrogens (tertiary/aromatic N) is 2. The molecule has 0 atom stereocenters. The zero-order chi connectivity index (χ0) is 18.7. The predicted molar refractivity (Wildman–Crippen MR) is 90.2 cm³/mol. The Morgan fingerprint density at radius 2 is 1.88 bits per heavy atom. The van der Waals surface area contributed by atoms with Crippen molar-refractivity contribution in [2.75, 3.05) is 0 Å². The monoisotopic (exact) mass is 360 g/mol. The summed E-state index contributed by atoms with van der Waals surface area (Å²) in [6.45, 7) is 1.97. The van der Waals surface area contributed by atoms with Crippen LogP contribution in [-0.2, 0) is 22.3 Å². The Morgan fingerprint density at radius 3 is 2.58 bits per heavy atom. The molecule has 0 saturated heterocycles. The van der Waals surface area contributed by atoms with Gasteiger partial charge in [0, 0.05) is 18.5 Å². The maximum atomic E-state index is 12.5. The van der Waals surface area contributed by atoms with E-state index in [2.05, 4.69) is 4.98 Å². The Hall–Kier alpha value is -3.09. The number of alkyl halides is 3. The first kappa shape index (κ1) is 17.7. The molecular weight excluding hydrogens is 345 g/mol. The summed E-state index contributed by atoms with van der Waals surface area (Å²) in [5.41, 5.74) is 2.17. The fourth-order valence-electron chi connectivity index (χ4n) is 2.37. The molecule has 0 spiro atoms. The van der Waals surface area contributed by atoms with Crippen molar-refractivity contribution in [1.29, 1.82) is 0 Å². The standard InChI is InChI=1S/C19H15F3N2O2/c1-13-2-8-17-23-16(11-24(17)10-13)12-26-18(25)9-5-14-3-6-15(7-4-14)19(20,21)22/h2-11H,12H2,1H3. The van der Waals surface area contributed by atoms with Crippen LogP contribution in [-0.4, -0.2) is 15.4 Å². The van der Waals surface area contributed by atoms with E-state index in [9.17, 15) is 18.0 Å². The molecule has 0 N–H and O–H groups in total.